The van der Waals surface area contributed by atoms with E-state index in [1.54, 1.807) is 6.92 Å². The average Bonchev–Trinajstić information content (AvgIpc) is 2.29. The van der Waals surface area contributed by atoms with E-state index in [2.05, 4.69) is 16.8 Å². The van der Waals surface area contributed by atoms with E-state index in [1.807, 2.05) is 0 Å². The lowest BCUT2D eigenvalue weighted by Gasteiger charge is -1.92. The van der Waals surface area contributed by atoms with Crippen molar-refractivity contribution in [2.45, 2.75) is 13.5 Å². The van der Waals surface area contributed by atoms with Crippen LogP contribution in [0.15, 0.2) is 11.0 Å². The van der Waals surface area contributed by atoms with Gasteiger partial charge < -0.3 is 10.1 Å². The van der Waals surface area contributed by atoms with Gasteiger partial charge in [0.05, 0.1) is 12.7 Å². The van der Waals surface area contributed by atoms with Crippen LogP contribution in [-0.4, -0.2) is 14.7 Å². The SMILES string of the molecule is CC#CCn1c(O)c[nH]c1=O. The van der Waals surface area contributed by atoms with E-state index < -0.39 is 0 Å². The minimum atomic E-state index is -0.342. The monoisotopic (exact) mass is 152 g/mol. The summed E-state index contributed by atoms with van der Waals surface area (Å²) in [5, 5.41) is 9.02. The van der Waals surface area contributed by atoms with Crippen LogP contribution in [0.3, 0.4) is 0 Å². The van der Waals surface area contributed by atoms with Crippen molar-refractivity contribution in [3.05, 3.63) is 16.7 Å². The molecule has 0 radical (unpaired) electrons. The zero-order valence-corrected chi connectivity index (χ0v) is 6.09. The van der Waals surface area contributed by atoms with Crippen LogP contribution in [0.5, 0.6) is 5.88 Å². The first-order valence-corrected chi connectivity index (χ1v) is 3.12. The molecule has 0 amide bonds. The van der Waals surface area contributed by atoms with Gasteiger partial charge in [0, 0.05) is 0 Å². The Kier molecular flexibility index (Phi) is 2.02. The number of hydrogen-bond acceptors (Lipinski definition) is 2. The molecule has 0 unspecified atom stereocenters. The quantitative estimate of drug-likeness (QED) is 0.552. The first-order chi connectivity index (χ1) is 5.25. The maximum absolute atomic E-state index is 10.8. The molecule has 4 nitrogen and oxygen atoms in total. The molecule has 0 aliphatic rings. The predicted molar refractivity (Wildman–Crippen MR) is 40.2 cm³/mol. The van der Waals surface area contributed by atoms with Crippen molar-refractivity contribution in [3.63, 3.8) is 0 Å². The molecule has 58 valence electrons. The van der Waals surface area contributed by atoms with E-state index in [-0.39, 0.29) is 18.1 Å². The third-order valence-electron chi connectivity index (χ3n) is 1.26. The third kappa shape index (κ3) is 1.44. The number of imidazole rings is 1. The standard InChI is InChI=1S/C7H8N2O2/c1-2-3-4-9-6(10)5-8-7(9)11/h5,10H,4H2,1H3,(H,8,11). The lowest BCUT2D eigenvalue weighted by molar-refractivity contribution is 0.424. The summed E-state index contributed by atoms with van der Waals surface area (Å²) in [6, 6.07) is 0. The van der Waals surface area contributed by atoms with Gasteiger partial charge in [-0.25, -0.2) is 4.79 Å². The number of aromatic amines is 1. The first-order valence-electron chi connectivity index (χ1n) is 3.12. The number of nitrogens with zero attached hydrogens (tertiary/aromatic N) is 1. The van der Waals surface area contributed by atoms with E-state index in [9.17, 15) is 4.79 Å². The molecule has 0 spiro atoms. The van der Waals surface area contributed by atoms with Crippen molar-refractivity contribution in [3.8, 4) is 17.7 Å². The van der Waals surface area contributed by atoms with Gasteiger partial charge in [0.25, 0.3) is 0 Å². The van der Waals surface area contributed by atoms with Gasteiger partial charge in [-0.3, -0.25) is 4.57 Å². The minimum absolute atomic E-state index is 0.0854. The molecular formula is C7H8N2O2. The van der Waals surface area contributed by atoms with Crippen LogP contribution in [0.2, 0.25) is 0 Å². The maximum Gasteiger partial charge on any atom is 0.329 e. The predicted octanol–water partition coefficient (Wildman–Crippen LogP) is -0.0947. The Labute approximate surface area is 63.5 Å². The van der Waals surface area contributed by atoms with Crippen molar-refractivity contribution in [2.24, 2.45) is 0 Å². The number of nitrogens with one attached hydrogen (secondary N) is 1. The molecule has 2 N–H and O–H groups in total. The molecule has 0 fully saturated rings. The highest BCUT2D eigenvalue weighted by atomic mass is 16.3. The van der Waals surface area contributed by atoms with Crippen LogP contribution in [0.4, 0.5) is 0 Å². The van der Waals surface area contributed by atoms with Crippen LogP contribution in [0, 0.1) is 11.8 Å². The van der Waals surface area contributed by atoms with E-state index in [4.69, 9.17) is 5.11 Å². The molecule has 0 saturated heterocycles. The lowest BCUT2D eigenvalue weighted by Crippen LogP contribution is -2.15. The highest BCUT2D eigenvalue weighted by Gasteiger charge is 2.00. The second-order valence-electron chi connectivity index (χ2n) is 1.96. The molecule has 0 saturated carbocycles. The van der Waals surface area contributed by atoms with Crippen molar-refractivity contribution in [1.82, 2.24) is 9.55 Å². The molecule has 0 aliphatic heterocycles. The van der Waals surface area contributed by atoms with Crippen molar-refractivity contribution < 1.29 is 5.11 Å². The Morgan fingerprint density at radius 2 is 2.55 bits per heavy atom. The first kappa shape index (κ1) is 7.48. The molecule has 1 aromatic rings. The van der Waals surface area contributed by atoms with Gasteiger partial charge in [-0.1, -0.05) is 5.92 Å². The fourth-order valence-electron chi connectivity index (χ4n) is 0.697. The molecule has 0 aliphatic carbocycles. The highest BCUT2D eigenvalue weighted by molar-refractivity contribution is 5.07. The Bertz CT molecular complexity index is 350. The Hall–Kier alpha value is -1.63. The zero-order chi connectivity index (χ0) is 8.27. The van der Waals surface area contributed by atoms with Crippen LogP contribution in [0.1, 0.15) is 6.92 Å². The smallest absolute Gasteiger partial charge is 0.329 e. The van der Waals surface area contributed by atoms with Gasteiger partial charge in [0.15, 0.2) is 0 Å². The molecule has 0 bridgehead atoms. The number of H-pyrrole nitrogens is 1. The summed E-state index contributed by atoms with van der Waals surface area (Å²) in [5.41, 5.74) is -0.342. The summed E-state index contributed by atoms with van der Waals surface area (Å²) in [7, 11) is 0. The molecule has 1 aromatic heterocycles. The van der Waals surface area contributed by atoms with Gasteiger partial charge in [-0.2, -0.15) is 0 Å². The van der Waals surface area contributed by atoms with Gasteiger partial charge in [0.2, 0.25) is 5.88 Å². The average molecular weight is 152 g/mol. The van der Waals surface area contributed by atoms with Gasteiger partial charge in [0.1, 0.15) is 0 Å². The normalized spacial score (nSPS) is 8.82. The van der Waals surface area contributed by atoms with Crippen molar-refractivity contribution in [1.29, 1.82) is 0 Å². The third-order valence-corrected chi connectivity index (χ3v) is 1.26. The van der Waals surface area contributed by atoms with Gasteiger partial charge in [-0.05, 0) is 6.92 Å². The van der Waals surface area contributed by atoms with Gasteiger partial charge >= 0.3 is 5.69 Å². The van der Waals surface area contributed by atoms with Crippen LogP contribution >= 0.6 is 0 Å². The summed E-state index contributed by atoms with van der Waals surface area (Å²) in [4.78, 5) is 13.2. The van der Waals surface area contributed by atoms with E-state index >= 15 is 0 Å². The molecule has 1 rings (SSSR count). The summed E-state index contributed by atoms with van der Waals surface area (Å²) in [6.45, 7) is 1.90. The summed E-state index contributed by atoms with van der Waals surface area (Å²) in [6.07, 6.45) is 1.24. The van der Waals surface area contributed by atoms with Crippen molar-refractivity contribution >= 4 is 0 Å². The topological polar surface area (TPSA) is 58.0 Å². The van der Waals surface area contributed by atoms with Crippen molar-refractivity contribution in [2.75, 3.05) is 0 Å². The largest absolute Gasteiger partial charge is 0.493 e. The van der Waals surface area contributed by atoms with Crippen LogP contribution in [-0.2, 0) is 6.54 Å². The maximum atomic E-state index is 10.8. The van der Waals surface area contributed by atoms with Crippen LogP contribution in [0.25, 0.3) is 0 Å². The Balaban J connectivity index is 2.98. The molecule has 4 heteroatoms. The summed E-state index contributed by atoms with van der Waals surface area (Å²) < 4.78 is 1.15. The highest BCUT2D eigenvalue weighted by Crippen LogP contribution is 2.00. The Morgan fingerprint density at radius 1 is 1.82 bits per heavy atom. The number of aromatic nitrogens is 2. The second kappa shape index (κ2) is 2.97. The second-order valence-corrected chi connectivity index (χ2v) is 1.96. The Morgan fingerprint density at radius 3 is 3.00 bits per heavy atom. The van der Waals surface area contributed by atoms with E-state index in [1.165, 1.54) is 6.20 Å². The number of hydrogen-bond donors (Lipinski definition) is 2. The number of rotatable bonds is 1. The fraction of sp³-hybridized carbons (Fsp3) is 0.286. The number of aromatic hydroxyl groups is 1. The molecule has 1 heterocycles. The molecule has 0 aromatic carbocycles. The molecular weight excluding hydrogens is 144 g/mol. The summed E-state index contributed by atoms with van der Waals surface area (Å²) >= 11 is 0. The van der Waals surface area contributed by atoms with E-state index in [0.717, 1.165) is 4.57 Å². The minimum Gasteiger partial charge on any atom is -0.493 e. The van der Waals surface area contributed by atoms with E-state index in [0.29, 0.717) is 0 Å². The van der Waals surface area contributed by atoms with Crippen LogP contribution < -0.4 is 5.69 Å². The van der Waals surface area contributed by atoms with Gasteiger partial charge in [-0.15, -0.1) is 5.92 Å². The fourth-order valence-corrected chi connectivity index (χ4v) is 0.697. The molecule has 11 heavy (non-hydrogen) atoms. The zero-order valence-electron chi connectivity index (χ0n) is 6.09. The lowest BCUT2D eigenvalue weighted by atomic mass is 10.6. The molecule has 0 atom stereocenters. The summed E-state index contributed by atoms with van der Waals surface area (Å²) in [5.74, 6) is 5.21.